The number of rotatable bonds is 9. The van der Waals surface area contributed by atoms with Gasteiger partial charge in [-0.3, -0.25) is 4.79 Å². The number of carbonyl (C=O) groups is 1. The third-order valence-electron chi connectivity index (χ3n) is 3.18. The van der Waals surface area contributed by atoms with E-state index in [9.17, 15) is 13.6 Å². The molecule has 1 aromatic rings. The zero-order valence-electron chi connectivity index (χ0n) is 11.8. The van der Waals surface area contributed by atoms with Gasteiger partial charge in [0.2, 0.25) is 0 Å². The van der Waals surface area contributed by atoms with E-state index in [1.54, 1.807) is 0 Å². The van der Waals surface area contributed by atoms with Crippen LogP contribution < -0.4 is 11.1 Å². The summed E-state index contributed by atoms with van der Waals surface area (Å²) in [7, 11) is 0. The van der Waals surface area contributed by atoms with Gasteiger partial charge in [-0.1, -0.05) is 39.0 Å². The number of primary amides is 1. The molecule has 3 N–H and O–H groups in total. The SMILES string of the molecule is CCCCCCCCNc1ccc(F)c(C(N)=O)c1F. The van der Waals surface area contributed by atoms with Crippen LogP contribution in [0.4, 0.5) is 14.5 Å². The van der Waals surface area contributed by atoms with Crippen LogP contribution >= 0.6 is 0 Å². The fraction of sp³-hybridized carbons (Fsp3) is 0.533. The molecule has 1 aromatic carbocycles. The van der Waals surface area contributed by atoms with Crippen LogP contribution in [0, 0.1) is 11.6 Å². The van der Waals surface area contributed by atoms with E-state index in [1.165, 1.54) is 25.3 Å². The Morgan fingerprint density at radius 1 is 1.15 bits per heavy atom. The van der Waals surface area contributed by atoms with Gasteiger partial charge in [-0.2, -0.15) is 0 Å². The lowest BCUT2D eigenvalue weighted by Gasteiger charge is -2.10. The second-order valence-corrected chi connectivity index (χ2v) is 4.84. The molecule has 1 rings (SSSR count). The maximum Gasteiger partial charge on any atom is 0.254 e. The quantitative estimate of drug-likeness (QED) is 0.677. The molecule has 112 valence electrons. The Morgan fingerprint density at radius 3 is 2.45 bits per heavy atom. The molecule has 0 aliphatic heterocycles. The third-order valence-corrected chi connectivity index (χ3v) is 3.18. The van der Waals surface area contributed by atoms with Crippen molar-refractivity contribution in [2.45, 2.75) is 45.4 Å². The van der Waals surface area contributed by atoms with E-state index >= 15 is 0 Å². The Balaban J connectivity index is 2.45. The van der Waals surface area contributed by atoms with Crippen LogP contribution in [0.2, 0.25) is 0 Å². The van der Waals surface area contributed by atoms with E-state index in [0.717, 1.165) is 25.3 Å². The highest BCUT2D eigenvalue weighted by Crippen LogP contribution is 2.21. The van der Waals surface area contributed by atoms with Gasteiger partial charge >= 0.3 is 0 Å². The molecule has 0 heterocycles. The van der Waals surface area contributed by atoms with Crippen LogP contribution in [0.25, 0.3) is 0 Å². The zero-order valence-corrected chi connectivity index (χ0v) is 11.8. The molecule has 1 amide bonds. The number of benzene rings is 1. The minimum absolute atomic E-state index is 0.119. The number of anilines is 1. The van der Waals surface area contributed by atoms with E-state index in [2.05, 4.69) is 12.2 Å². The lowest BCUT2D eigenvalue weighted by atomic mass is 10.1. The predicted molar refractivity (Wildman–Crippen MR) is 76.7 cm³/mol. The summed E-state index contributed by atoms with van der Waals surface area (Å²) >= 11 is 0. The Kier molecular flexibility index (Phi) is 6.98. The van der Waals surface area contributed by atoms with E-state index in [0.29, 0.717) is 6.54 Å². The molecule has 20 heavy (non-hydrogen) atoms. The second-order valence-electron chi connectivity index (χ2n) is 4.84. The highest BCUT2D eigenvalue weighted by atomic mass is 19.1. The molecule has 0 unspecified atom stereocenters. The Labute approximate surface area is 118 Å². The molecule has 0 saturated heterocycles. The van der Waals surface area contributed by atoms with Gasteiger partial charge in [0.05, 0.1) is 5.69 Å². The lowest BCUT2D eigenvalue weighted by molar-refractivity contribution is 0.0992. The van der Waals surface area contributed by atoms with Gasteiger partial charge in [0.15, 0.2) is 5.82 Å². The molecule has 5 heteroatoms. The fourth-order valence-electron chi connectivity index (χ4n) is 2.04. The van der Waals surface area contributed by atoms with Crippen LogP contribution in [0.15, 0.2) is 12.1 Å². The van der Waals surface area contributed by atoms with Crippen molar-refractivity contribution in [3.05, 3.63) is 29.3 Å². The number of hydrogen-bond acceptors (Lipinski definition) is 2. The second kappa shape index (κ2) is 8.51. The maximum atomic E-state index is 13.9. The van der Waals surface area contributed by atoms with Gasteiger partial charge < -0.3 is 11.1 Å². The van der Waals surface area contributed by atoms with E-state index in [1.807, 2.05) is 0 Å². The van der Waals surface area contributed by atoms with Gasteiger partial charge in [-0.05, 0) is 18.6 Å². The normalized spacial score (nSPS) is 10.6. The number of hydrogen-bond donors (Lipinski definition) is 2. The summed E-state index contributed by atoms with van der Waals surface area (Å²) < 4.78 is 27.1. The van der Waals surface area contributed by atoms with Crippen molar-refractivity contribution in [2.24, 2.45) is 5.73 Å². The molecule has 0 aromatic heterocycles. The molecule has 0 spiro atoms. The van der Waals surface area contributed by atoms with Crippen molar-refractivity contribution in [3.63, 3.8) is 0 Å². The molecule has 0 aliphatic rings. The average Bonchev–Trinajstić information content (AvgIpc) is 2.39. The first-order valence-corrected chi connectivity index (χ1v) is 7.09. The molecule has 0 atom stereocenters. The van der Waals surface area contributed by atoms with Crippen molar-refractivity contribution in [3.8, 4) is 0 Å². The predicted octanol–water partition coefficient (Wildman–Crippen LogP) is 3.84. The Hall–Kier alpha value is -1.65. The van der Waals surface area contributed by atoms with Gasteiger partial charge in [0.25, 0.3) is 5.91 Å². The number of nitrogens with one attached hydrogen (secondary N) is 1. The highest BCUT2D eigenvalue weighted by Gasteiger charge is 2.17. The molecule has 0 saturated carbocycles. The molecule has 0 fully saturated rings. The van der Waals surface area contributed by atoms with Crippen molar-refractivity contribution in [2.75, 3.05) is 11.9 Å². The number of unbranched alkanes of at least 4 members (excludes halogenated alkanes) is 5. The molecule has 0 aliphatic carbocycles. The van der Waals surface area contributed by atoms with Crippen molar-refractivity contribution < 1.29 is 13.6 Å². The van der Waals surface area contributed by atoms with Gasteiger partial charge in [-0.25, -0.2) is 8.78 Å². The highest BCUT2D eigenvalue weighted by molar-refractivity contribution is 5.94. The molecule has 0 radical (unpaired) electrons. The smallest absolute Gasteiger partial charge is 0.254 e. The topological polar surface area (TPSA) is 55.1 Å². The summed E-state index contributed by atoms with van der Waals surface area (Å²) in [5, 5.41) is 2.88. The third kappa shape index (κ3) is 4.79. The van der Waals surface area contributed by atoms with Crippen molar-refractivity contribution in [1.82, 2.24) is 0 Å². The summed E-state index contributed by atoms with van der Waals surface area (Å²) in [5.74, 6) is -2.94. The fourth-order valence-corrected chi connectivity index (χ4v) is 2.04. The van der Waals surface area contributed by atoms with Gasteiger partial charge in [-0.15, -0.1) is 0 Å². The molecule has 3 nitrogen and oxygen atoms in total. The minimum Gasteiger partial charge on any atom is -0.383 e. The first-order valence-electron chi connectivity index (χ1n) is 7.09. The van der Waals surface area contributed by atoms with Crippen LogP contribution in [0.3, 0.4) is 0 Å². The summed E-state index contributed by atoms with van der Waals surface area (Å²) in [6.07, 6.45) is 6.79. The van der Waals surface area contributed by atoms with E-state index < -0.39 is 23.1 Å². The summed E-state index contributed by atoms with van der Waals surface area (Å²) in [6.45, 7) is 2.75. The van der Waals surface area contributed by atoms with Crippen molar-refractivity contribution in [1.29, 1.82) is 0 Å². The zero-order chi connectivity index (χ0) is 15.0. The number of nitrogens with two attached hydrogens (primary N) is 1. The first-order chi connectivity index (χ1) is 9.57. The first kappa shape index (κ1) is 16.4. The largest absolute Gasteiger partial charge is 0.383 e. The van der Waals surface area contributed by atoms with Gasteiger partial charge in [0, 0.05) is 6.54 Å². The minimum atomic E-state index is -1.09. The van der Waals surface area contributed by atoms with Crippen LogP contribution in [-0.2, 0) is 0 Å². The Morgan fingerprint density at radius 2 is 1.80 bits per heavy atom. The van der Waals surface area contributed by atoms with E-state index in [-0.39, 0.29) is 5.69 Å². The van der Waals surface area contributed by atoms with Crippen LogP contribution in [-0.4, -0.2) is 12.5 Å². The standard InChI is InChI=1S/C15H22F2N2O/c1-2-3-4-5-6-7-10-19-12-9-8-11(16)13(14(12)17)15(18)20/h8-9,19H,2-7,10H2,1H3,(H2,18,20). The summed E-state index contributed by atoms with van der Waals surface area (Å²) in [5.41, 5.74) is 4.40. The summed E-state index contributed by atoms with van der Waals surface area (Å²) in [6, 6.07) is 2.33. The van der Waals surface area contributed by atoms with Crippen LogP contribution in [0.1, 0.15) is 55.8 Å². The summed E-state index contributed by atoms with van der Waals surface area (Å²) in [4.78, 5) is 11.0. The number of carbonyl (C=O) groups excluding carboxylic acids is 1. The Bertz CT molecular complexity index is 450. The monoisotopic (exact) mass is 284 g/mol. The molecule has 0 bridgehead atoms. The molecular formula is C15H22F2N2O. The lowest BCUT2D eigenvalue weighted by Crippen LogP contribution is -2.17. The maximum absolute atomic E-state index is 13.9. The average molecular weight is 284 g/mol. The van der Waals surface area contributed by atoms with Gasteiger partial charge in [0.1, 0.15) is 11.4 Å². The van der Waals surface area contributed by atoms with E-state index in [4.69, 9.17) is 5.73 Å². The van der Waals surface area contributed by atoms with Crippen LogP contribution in [0.5, 0.6) is 0 Å². The molecular weight excluding hydrogens is 262 g/mol. The number of amides is 1. The number of halogens is 2. The van der Waals surface area contributed by atoms with Crippen molar-refractivity contribution >= 4 is 11.6 Å².